The smallest absolute Gasteiger partial charge is 0.283 e. The molecule has 0 saturated heterocycles. The largest absolute Gasteiger partial charge is 0.495 e. The van der Waals surface area contributed by atoms with Crippen LogP contribution in [-0.4, -0.2) is 33.5 Å². The molecular formula is C20H17ClN4O2S. The van der Waals surface area contributed by atoms with Crippen LogP contribution in [-0.2, 0) is 4.79 Å². The van der Waals surface area contributed by atoms with Crippen molar-refractivity contribution >= 4 is 46.3 Å². The van der Waals surface area contributed by atoms with Crippen molar-refractivity contribution in [3.8, 4) is 11.4 Å². The van der Waals surface area contributed by atoms with Gasteiger partial charge in [0, 0.05) is 22.6 Å². The fraction of sp³-hybridized carbons (Fsp3) is 0.150. The maximum atomic E-state index is 12.5. The maximum Gasteiger partial charge on any atom is 0.283 e. The first-order valence-corrected chi connectivity index (χ1v) is 9.75. The molecule has 142 valence electrons. The molecule has 0 bridgehead atoms. The highest BCUT2D eigenvalue weighted by molar-refractivity contribution is 8.16. The lowest BCUT2D eigenvalue weighted by Crippen LogP contribution is -2.35. The van der Waals surface area contributed by atoms with Crippen LogP contribution in [0.5, 0.6) is 5.75 Å². The Labute approximate surface area is 171 Å². The lowest BCUT2D eigenvalue weighted by molar-refractivity contribution is -0.114. The van der Waals surface area contributed by atoms with Gasteiger partial charge in [-0.25, -0.2) is 0 Å². The van der Waals surface area contributed by atoms with E-state index in [4.69, 9.17) is 21.7 Å². The van der Waals surface area contributed by atoms with Crippen LogP contribution in [0, 0.1) is 19.3 Å². The molecular weight excluding hydrogens is 396 g/mol. The molecule has 2 aromatic rings. The quantitative estimate of drug-likeness (QED) is 0.751. The number of halogens is 1. The van der Waals surface area contributed by atoms with Gasteiger partial charge in [0.25, 0.3) is 5.91 Å². The van der Waals surface area contributed by atoms with Gasteiger partial charge in [-0.1, -0.05) is 23.4 Å². The van der Waals surface area contributed by atoms with Crippen LogP contribution in [0.4, 0.5) is 0 Å². The predicted octanol–water partition coefficient (Wildman–Crippen LogP) is 4.53. The lowest BCUT2D eigenvalue weighted by atomic mass is 10.1. The molecule has 2 aliphatic heterocycles. The Kier molecular flexibility index (Phi) is 4.64. The Morgan fingerprint density at radius 2 is 2.07 bits per heavy atom. The second kappa shape index (κ2) is 7.00. The number of fused-ring (bicyclic) bond motifs is 1. The van der Waals surface area contributed by atoms with Crippen LogP contribution in [0.3, 0.4) is 0 Å². The Morgan fingerprint density at radius 1 is 1.29 bits per heavy atom. The predicted molar refractivity (Wildman–Crippen MR) is 114 cm³/mol. The zero-order chi connectivity index (χ0) is 20.0. The van der Waals surface area contributed by atoms with Crippen LogP contribution in [0.2, 0.25) is 5.02 Å². The fourth-order valence-corrected chi connectivity index (χ4v) is 4.20. The van der Waals surface area contributed by atoms with Crippen LogP contribution in [0.1, 0.15) is 17.0 Å². The van der Waals surface area contributed by atoms with Gasteiger partial charge in [0.15, 0.2) is 5.17 Å². The number of amides is 1. The van der Waals surface area contributed by atoms with Crippen molar-refractivity contribution in [2.24, 2.45) is 4.99 Å². The Morgan fingerprint density at radius 3 is 2.82 bits per heavy atom. The summed E-state index contributed by atoms with van der Waals surface area (Å²) < 4.78 is 7.51. The van der Waals surface area contributed by atoms with E-state index < -0.39 is 5.91 Å². The summed E-state index contributed by atoms with van der Waals surface area (Å²) in [5, 5.41) is 11.3. The molecule has 1 amide bonds. The maximum absolute atomic E-state index is 12.5. The average molecular weight is 413 g/mol. The standard InChI is InChI=1S/C20H17ClN4O2S/c1-11-8-13(9-15-18(22)24-6-7-28-20(24)23-19(15)26)12(2)25(11)16-10-14(21)4-5-17(16)27-3/h4-10,22H,1-3H3/b15-9-,22-18?. The third-order valence-corrected chi connectivity index (χ3v) is 5.66. The third-order valence-electron chi connectivity index (χ3n) is 4.67. The number of aromatic nitrogens is 1. The molecule has 1 aromatic heterocycles. The van der Waals surface area contributed by atoms with Gasteiger partial charge in [0.05, 0.1) is 18.4 Å². The summed E-state index contributed by atoms with van der Waals surface area (Å²) in [4.78, 5) is 18.1. The topological polar surface area (TPSA) is 70.7 Å². The summed E-state index contributed by atoms with van der Waals surface area (Å²) in [5.41, 5.74) is 3.78. The first-order valence-electron chi connectivity index (χ1n) is 8.49. The van der Waals surface area contributed by atoms with Crippen molar-refractivity contribution in [1.82, 2.24) is 9.47 Å². The number of benzene rings is 1. The van der Waals surface area contributed by atoms with Gasteiger partial charge in [-0.15, -0.1) is 0 Å². The second-order valence-corrected chi connectivity index (χ2v) is 7.67. The van der Waals surface area contributed by atoms with E-state index in [1.54, 1.807) is 35.8 Å². The molecule has 0 unspecified atom stereocenters. The van der Waals surface area contributed by atoms with Gasteiger partial charge in [-0.05, 0) is 55.2 Å². The lowest BCUT2D eigenvalue weighted by Gasteiger charge is -2.22. The molecule has 1 N–H and O–H groups in total. The van der Waals surface area contributed by atoms with Crippen molar-refractivity contribution in [3.63, 3.8) is 0 Å². The van der Waals surface area contributed by atoms with Crippen molar-refractivity contribution in [2.75, 3.05) is 7.11 Å². The number of hydrogen-bond acceptors (Lipinski definition) is 4. The van der Waals surface area contributed by atoms with E-state index in [1.165, 1.54) is 11.8 Å². The number of carbonyl (C=O) groups excluding carboxylic acids is 1. The third kappa shape index (κ3) is 2.96. The number of nitrogens with zero attached hydrogens (tertiary/aromatic N) is 3. The van der Waals surface area contributed by atoms with Crippen molar-refractivity contribution in [3.05, 3.63) is 63.4 Å². The number of carbonyl (C=O) groups is 1. The monoisotopic (exact) mass is 412 g/mol. The number of ether oxygens (including phenoxy) is 1. The minimum absolute atomic E-state index is 0.126. The van der Waals surface area contributed by atoms with E-state index in [2.05, 4.69) is 4.99 Å². The summed E-state index contributed by atoms with van der Waals surface area (Å²) in [5.74, 6) is 0.416. The highest BCUT2D eigenvalue weighted by Crippen LogP contribution is 2.32. The molecule has 0 saturated carbocycles. The van der Waals surface area contributed by atoms with Crippen LogP contribution in [0.25, 0.3) is 11.8 Å². The van der Waals surface area contributed by atoms with Crippen LogP contribution in [0.15, 0.2) is 46.4 Å². The number of aryl methyl sites for hydroxylation is 1. The molecule has 0 radical (unpaired) electrons. The molecule has 8 heteroatoms. The van der Waals surface area contributed by atoms with Crippen molar-refractivity contribution in [1.29, 1.82) is 5.41 Å². The summed E-state index contributed by atoms with van der Waals surface area (Å²) in [6.07, 6.45) is 3.46. The van der Waals surface area contributed by atoms with E-state index in [9.17, 15) is 4.79 Å². The molecule has 0 atom stereocenters. The first kappa shape index (κ1) is 18.6. The van der Waals surface area contributed by atoms with Gasteiger partial charge in [0.2, 0.25) is 0 Å². The van der Waals surface area contributed by atoms with E-state index in [-0.39, 0.29) is 11.4 Å². The minimum Gasteiger partial charge on any atom is -0.495 e. The highest BCUT2D eigenvalue weighted by Gasteiger charge is 2.31. The molecule has 0 aliphatic carbocycles. The number of aliphatic imine (C=N–C) groups is 1. The number of methoxy groups -OCH3 is 1. The SMILES string of the molecule is COc1ccc(Cl)cc1-n1c(C)cc(/C=C2/C(=N)N3C=CSC3=NC2=O)c1C. The average Bonchev–Trinajstić information content (AvgIpc) is 3.23. The van der Waals surface area contributed by atoms with Crippen molar-refractivity contribution < 1.29 is 9.53 Å². The van der Waals surface area contributed by atoms with E-state index in [0.717, 1.165) is 22.6 Å². The minimum atomic E-state index is -0.405. The normalized spacial score (nSPS) is 17.4. The van der Waals surface area contributed by atoms with Gasteiger partial charge in [-0.2, -0.15) is 4.99 Å². The van der Waals surface area contributed by atoms with Gasteiger partial charge in [-0.3, -0.25) is 15.1 Å². The van der Waals surface area contributed by atoms with E-state index >= 15 is 0 Å². The second-order valence-electron chi connectivity index (χ2n) is 6.36. The first-order chi connectivity index (χ1) is 13.4. The van der Waals surface area contributed by atoms with Gasteiger partial charge < -0.3 is 9.30 Å². The molecule has 2 aliphatic rings. The molecule has 28 heavy (non-hydrogen) atoms. The number of nitrogens with one attached hydrogen (secondary N) is 1. The molecule has 4 rings (SSSR count). The van der Waals surface area contributed by atoms with E-state index in [1.807, 2.05) is 36.6 Å². The summed E-state index contributed by atoms with van der Waals surface area (Å²) in [7, 11) is 1.61. The summed E-state index contributed by atoms with van der Waals surface area (Å²) in [6.45, 7) is 3.93. The molecule has 6 nitrogen and oxygen atoms in total. The Bertz CT molecular complexity index is 1110. The fourth-order valence-electron chi connectivity index (χ4n) is 3.33. The molecule has 0 fully saturated rings. The van der Waals surface area contributed by atoms with Crippen molar-refractivity contribution in [2.45, 2.75) is 13.8 Å². The zero-order valence-corrected chi connectivity index (χ0v) is 17.1. The van der Waals surface area contributed by atoms with Gasteiger partial charge >= 0.3 is 0 Å². The number of rotatable bonds is 3. The highest BCUT2D eigenvalue weighted by atomic mass is 35.5. The zero-order valence-electron chi connectivity index (χ0n) is 15.5. The molecule has 1 aromatic carbocycles. The number of thioether (sulfide) groups is 1. The number of hydrogen-bond donors (Lipinski definition) is 1. The molecule has 3 heterocycles. The summed E-state index contributed by atoms with van der Waals surface area (Å²) >= 11 is 7.53. The Hall–Kier alpha value is -2.77. The number of amidine groups is 2. The molecule has 0 spiro atoms. The van der Waals surface area contributed by atoms with E-state index in [0.29, 0.717) is 15.9 Å². The Balaban J connectivity index is 1.82. The van der Waals surface area contributed by atoms with Gasteiger partial charge in [0.1, 0.15) is 11.6 Å². The summed E-state index contributed by atoms with van der Waals surface area (Å²) in [6, 6.07) is 7.41. The van der Waals surface area contributed by atoms with Crippen LogP contribution < -0.4 is 4.74 Å². The van der Waals surface area contributed by atoms with Crippen LogP contribution >= 0.6 is 23.4 Å².